The number of ether oxygens (including phenoxy) is 1. The summed E-state index contributed by atoms with van der Waals surface area (Å²) in [6, 6.07) is 19.8. The molecule has 0 aliphatic carbocycles. The van der Waals surface area contributed by atoms with Crippen LogP contribution in [-0.4, -0.2) is 13.7 Å². The van der Waals surface area contributed by atoms with Crippen LogP contribution >= 0.6 is 0 Å². The van der Waals surface area contributed by atoms with Crippen LogP contribution < -0.4 is 10.1 Å². The number of hydrogen-bond acceptors (Lipinski definition) is 2. The quantitative estimate of drug-likeness (QED) is 0.884. The lowest BCUT2D eigenvalue weighted by Crippen LogP contribution is -2.34. The Morgan fingerprint density at radius 2 is 1.95 bits per heavy atom. The van der Waals surface area contributed by atoms with Crippen LogP contribution in [0.15, 0.2) is 54.6 Å². The summed E-state index contributed by atoms with van der Waals surface area (Å²) in [4.78, 5) is 0. The van der Waals surface area contributed by atoms with E-state index < -0.39 is 0 Å². The van der Waals surface area contributed by atoms with E-state index in [9.17, 15) is 0 Å². The van der Waals surface area contributed by atoms with Crippen LogP contribution in [0.5, 0.6) is 5.75 Å². The Balaban J connectivity index is 1.66. The van der Waals surface area contributed by atoms with E-state index in [1.54, 1.807) is 7.11 Å². The third-order valence-corrected chi connectivity index (χ3v) is 4.68. The molecular weight excluding hydrogens is 270 g/mol. The molecule has 0 unspecified atom stereocenters. The maximum Gasteiger partial charge on any atom is 0.119 e. The van der Waals surface area contributed by atoms with E-state index in [1.165, 1.54) is 30.4 Å². The third-order valence-electron chi connectivity index (χ3n) is 4.68. The zero-order chi connectivity index (χ0) is 15.2. The average molecular weight is 295 g/mol. The number of methoxy groups -OCH3 is 1. The Morgan fingerprint density at radius 3 is 2.77 bits per heavy atom. The fourth-order valence-electron chi connectivity index (χ4n) is 3.50. The van der Waals surface area contributed by atoms with Gasteiger partial charge < -0.3 is 10.1 Å². The molecule has 2 nitrogen and oxygen atoms in total. The predicted octanol–water partition coefficient (Wildman–Crippen LogP) is 4.37. The monoisotopic (exact) mass is 295 g/mol. The molecule has 1 aliphatic rings. The molecule has 0 aromatic heterocycles. The Labute approximate surface area is 133 Å². The van der Waals surface area contributed by atoms with Crippen molar-refractivity contribution < 1.29 is 4.74 Å². The molecule has 3 rings (SSSR count). The van der Waals surface area contributed by atoms with Crippen molar-refractivity contribution in [3.05, 3.63) is 65.7 Å². The van der Waals surface area contributed by atoms with Gasteiger partial charge in [-0.25, -0.2) is 0 Å². The van der Waals surface area contributed by atoms with Crippen molar-refractivity contribution in [3.8, 4) is 5.75 Å². The van der Waals surface area contributed by atoms with Crippen molar-refractivity contribution in [2.75, 3.05) is 13.7 Å². The number of piperidine rings is 1. The van der Waals surface area contributed by atoms with Gasteiger partial charge in [0.25, 0.3) is 0 Å². The van der Waals surface area contributed by atoms with Crippen molar-refractivity contribution >= 4 is 0 Å². The highest BCUT2D eigenvalue weighted by atomic mass is 16.5. The van der Waals surface area contributed by atoms with Gasteiger partial charge in [0.05, 0.1) is 7.11 Å². The van der Waals surface area contributed by atoms with Gasteiger partial charge in [0.1, 0.15) is 5.75 Å². The normalized spacial score (nSPS) is 21.5. The summed E-state index contributed by atoms with van der Waals surface area (Å²) in [7, 11) is 1.73. The first kappa shape index (κ1) is 15.1. The minimum absolute atomic E-state index is 0.501. The van der Waals surface area contributed by atoms with Crippen LogP contribution in [0.4, 0.5) is 0 Å². The second kappa shape index (κ2) is 7.46. The van der Waals surface area contributed by atoms with Gasteiger partial charge in [0.15, 0.2) is 0 Å². The minimum atomic E-state index is 0.501. The number of hydrogen-bond donors (Lipinski definition) is 1. The summed E-state index contributed by atoms with van der Waals surface area (Å²) < 4.78 is 5.32. The highest BCUT2D eigenvalue weighted by molar-refractivity contribution is 5.28. The minimum Gasteiger partial charge on any atom is -0.497 e. The molecule has 0 radical (unpaired) electrons. The SMILES string of the molecule is COc1cccc(CC[C@H]2CCCN[C@H]2c2ccccc2)c1. The van der Waals surface area contributed by atoms with Gasteiger partial charge in [-0.15, -0.1) is 0 Å². The van der Waals surface area contributed by atoms with Crippen molar-refractivity contribution in [2.45, 2.75) is 31.7 Å². The summed E-state index contributed by atoms with van der Waals surface area (Å²) in [5, 5.41) is 3.72. The Hall–Kier alpha value is -1.80. The Kier molecular flexibility index (Phi) is 5.12. The highest BCUT2D eigenvalue weighted by Gasteiger charge is 2.25. The largest absolute Gasteiger partial charge is 0.497 e. The fraction of sp³-hybridized carbons (Fsp3) is 0.400. The van der Waals surface area contributed by atoms with Gasteiger partial charge in [0.2, 0.25) is 0 Å². The average Bonchev–Trinajstić information content (AvgIpc) is 2.61. The van der Waals surface area contributed by atoms with Gasteiger partial charge >= 0.3 is 0 Å². The molecule has 22 heavy (non-hydrogen) atoms. The van der Waals surface area contributed by atoms with Crippen LogP contribution in [0.2, 0.25) is 0 Å². The highest BCUT2D eigenvalue weighted by Crippen LogP contribution is 2.32. The summed E-state index contributed by atoms with van der Waals surface area (Å²) in [6.45, 7) is 1.13. The molecule has 0 spiro atoms. The maximum absolute atomic E-state index is 5.32. The molecule has 1 N–H and O–H groups in total. The maximum atomic E-state index is 5.32. The summed E-state index contributed by atoms with van der Waals surface area (Å²) >= 11 is 0. The molecule has 116 valence electrons. The molecule has 2 heteroatoms. The van der Waals surface area contributed by atoms with E-state index in [1.807, 2.05) is 6.07 Å². The number of nitrogens with one attached hydrogen (secondary N) is 1. The lowest BCUT2D eigenvalue weighted by Gasteiger charge is -2.33. The fourth-order valence-corrected chi connectivity index (χ4v) is 3.50. The zero-order valence-corrected chi connectivity index (χ0v) is 13.3. The molecule has 1 fully saturated rings. The van der Waals surface area contributed by atoms with Crippen LogP contribution in [0.25, 0.3) is 0 Å². The first-order chi connectivity index (χ1) is 10.9. The molecule has 0 bridgehead atoms. The molecule has 0 amide bonds. The summed E-state index contributed by atoms with van der Waals surface area (Å²) in [5.41, 5.74) is 2.80. The lowest BCUT2D eigenvalue weighted by molar-refractivity contribution is 0.269. The van der Waals surface area contributed by atoms with Gasteiger partial charge in [-0.3, -0.25) is 0 Å². The summed E-state index contributed by atoms with van der Waals surface area (Å²) in [6.07, 6.45) is 4.94. The number of rotatable bonds is 5. The smallest absolute Gasteiger partial charge is 0.119 e. The number of benzene rings is 2. The first-order valence-corrected chi connectivity index (χ1v) is 8.28. The second-order valence-electron chi connectivity index (χ2n) is 6.13. The standard InChI is InChI=1S/C20H25NO/c1-22-19-11-5-7-16(15-19)12-13-18-10-6-14-21-20(18)17-8-3-2-4-9-17/h2-5,7-9,11,15,18,20-21H,6,10,12-14H2,1H3/t18-,20+/m1/s1. The van der Waals surface area contributed by atoms with E-state index >= 15 is 0 Å². The lowest BCUT2D eigenvalue weighted by atomic mass is 9.82. The van der Waals surface area contributed by atoms with Crippen molar-refractivity contribution in [3.63, 3.8) is 0 Å². The van der Waals surface area contributed by atoms with Gasteiger partial charge in [-0.05, 0) is 61.4 Å². The van der Waals surface area contributed by atoms with Crippen molar-refractivity contribution in [2.24, 2.45) is 5.92 Å². The molecule has 2 atom stereocenters. The molecule has 0 saturated carbocycles. The van der Waals surface area contributed by atoms with Crippen LogP contribution in [0.1, 0.15) is 36.4 Å². The molecule has 1 heterocycles. The van der Waals surface area contributed by atoms with Crippen molar-refractivity contribution in [1.29, 1.82) is 0 Å². The number of aryl methyl sites for hydroxylation is 1. The predicted molar refractivity (Wildman–Crippen MR) is 91.2 cm³/mol. The Bertz CT molecular complexity index is 581. The molecule has 1 saturated heterocycles. The van der Waals surface area contributed by atoms with E-state index in [0.29, 0.717) is 12.0 Å². The molecule has 1 aliphatic heterocycles. The van der Waals surface area contributed by atoms with Gasteiger partial charge in [-0.2, -0.15) is 0 Å². The third kappa shape index (κ3) is 3.69. The van der Waals surface area contributed by atoms with Gasteiger partial charge in [-0.1, -0.05) is 42.5 Å². The van der Waals surface area contributed by atoms with Crippen LogP contribution in [-0.2, 0) is 6.42 Å². The Morgan fingerprint density at radius 1 is 1.09 bits per heavy atom. The zero-order valence-electron chi connectivity index (χ0n) is 13.3. The summed E-state index contributed by atoms with van der Waals surface area (Å²) in [5.74, 6) is 1.67. The van der Waals surface area contributed by atoms with Crippen LogP contribution in [0.3, 0.4) is 0 Å². The van der Waals surface area contributed by atoms with E-state index in [2.05, 4.69) is 53.8 Å². The molecule has 2 aromatic carbocycles. The van der Waals surface area contributed by atoms with E-state index in [4.69, 9.17) is 4.74 Å². The topological polar surface area (TPSA) is 21.3 Å². The first-order valence-electron chi connectivity index (χ1n) is 8.28. The van der Waals surface area contributed by atoms with Gasteiger partial charge in [0, 0.05) is 6.04 Å². The van der Waals surface area contributed by atoms with Crippen LogP contribution in [0, 0.1) is 5.92 Å². The van der Waals surface area contributed by atoms with Crippen molar-refractivity contribution in [1.82, 2.24) is 5.32 Å². The van der Waals surface area contributed by atoms with E-state index in [-0.39, 0.29) is 0 Å². The second-order valence-corrected chi connectivity index (χ2v) is 6.13. The molecular formula is C20H25NO. The van der Waals surface area contributed by atoms with E-state index in [0.717, 1.165) is 18.7 Å². The molecule has 2 aromatic rings.